The average Bonchev–Trinajstić information content (AvgIpc) is 1.94. The summed E-state index contributed by atoms with van der Waals surface area (Å²) < 4.78 is 2.26. The molecule has 0 bridgehead atoms. The largest absolute Gasteiger partial charge is 0.330 e. The molecule has 2 aliphatic rings. The number of hydrogen-bond donors (Lipinski definition) is 0. The summed E-state index contributed by atoms with van der Waals surface area (Å²) in [4.78, 5) is 13.1. The summed E-state index contributed by atoms with van der Waals surface area (Å²) in [5.74, 6) is 5.19. The first-order chi connectivity index (χ1) is 6.15. The van der Waals surface area contributed by atoms with Gasteiger partial charge < -0.3 is 4.90 Å². The maximum absolute atomic E-state index is 11.3. The van der Waals surface area contributed by atoms with Gasteiger partial charge in [0.15, 0.2) is 0 Å². The van der Waals surface area contributed by atoms with E-state index in [0.717, 1.165) is 26.2 Å². The third-order valence-corrected chi connectivity index (χ3v) is 3.27. The lowest BCUT2D eigenvalue weighted by molar-refractivity contribution is -0.144. The second-order valence-corrected chi connectivity index (χ2v) is 5.18. The van der Waals surface area contributed by atoms with Crippen molar-refractivity contribution in [1.82, 2.24) is 8.01 Å². The standard InChI is InChI=1S/C9H11IN2O/c1-2-3-8(13)11-4-9(5-11)6-12(10)7-9/h4-7H2,1H3. The molecule has 13 heavy (non-hydrogen) atoms. The van der Waals surface area contributed by atoms with Crippen molar-refractivity contribution in [2.45, 2.75) is 6.92 Å². The van der Waals surface area contributed by atoms with Gasteiger partial charge in [-0.05, 0) is 12.8 Å². The van der Waals surface area contributed by atoms with Gasteiger partial charge >= 0.3 is 0 Å². The van der Waals surface area contributed by atoms with Gasteiger partial charge in [0.25, 0.3) is 5.91 Å². The molecule has 2 aliphatic heterocycles. The minimum Gasteiger partial charge on any atom is -0.330 e. The highest BCUT2D eigenvalue weighted by molar-refractivity contribution is 14.1. The van der Waals surface area contributed by atoms with Gasteiger partial charge in [0.2, 0.25) is 0 Å². The number of carbonyl (C=O) groups is 1. The summed E-state index contributed by atoms with van der Waals surface area (Å²) in [5.41, 5.74) is 0.423. The highest BCUT2D eigenvalue weighted by Crippen LogP contribution is 2.40. The molecule has 0 atom stereocenters. The predicted molar refractivity (Wildman–Crippen MR) is 58.1 cm³/mol. The molecular formula is C9H11IN2O. The Labute approximate surface area is 91.9 Å². The van der Waals surface area contributed by atoms with Gasteiger partial charge in [0.1, 0.15) is 0 Å². The molecule has 0 aromatic carbocycles. The van der Waals surface area contributed by atoms with E-state index in [2.05, 4.69) is 37.8 Å². The van der Waals surface area contributed by atoms with Crippen molar-refractivity contribution in [2.75, 3.05) is 26.2 Å². The molecule has 0 aromatic rings. The molecule has 1 amide bonds. The quantitative estimate of drug-likeness (QED) is 0.368. The van der Waals surface area contributed by atoms with Crippen LogP contribution in [0.4, 0.5) is 0 Å². The molecular weight excluding hydrogens is 279 g/mol. The Morgan fingerprint density at radius 3 is 2.46 bits per heavy atom. The van der Waals surface area contributed by atoms with E-state index in [9.17, 15) is 4.79 Å². The zero-order valence-electron chi connectivity index (χ0n) is 7.51. The number of likely N-dealkylation sites (tertiary alicyclic amines) is 1. The van der Waals surface area contributed by atoms with Crippen molar-refractivity contribution < 1.29 is 4.79 Å². The van der Waals surface area contributed by atoms with Crippen molar-refractivity contribution in [3.8, 4) is 11.8 Å². The number of amides is 1. The Morgan fingerprint density at radius 1 is 1.38 bits per heavy atom. The second kappa shape index (κ2) is 3.14. The normalized spacial score (nSPS) is 24.3. The molecule has 0 radical (unpaired) electrons. The summed E-state index contributed by atoms with van der Waals surface area (Å²) in [6.45, 7) is 5.75. The van der Waals surface area contributed by atoms with E-state index in [1.54, 1.807) is 6.92 Å². The fourth-order valence-electron chi connectivity index (χ4n) is 1.97. The minimum absolute atomic E-state index is 0.0139. The third kappa shape index (κ3) is 1.55. The average molecular weight is 290 g/mol. The van der Waals surface area contributed by atoms with Crippen LogP contribution in [0.3, 0.4) is 0 Å². The fourth-order valence-corrected chi connectivity index (χ4v) is 3.42. The zero-order chi connectivity index (χ0) is 9.47. The van der Waals surface area contributed by atoms with Gasteiger partial charge in [-0.2, -0.15) is 0 Å². The van der Waals surface area contributed by atoms with E-state index in [0.29, 0.717) is 5.41 Å². The van der Waals surface area contributed by atoms with Gasteiger partial charge in [-0.1, -0.05) is 5.92 Å². The van der Waals surface area contributed by atoms with Crippen molar-refractivity contribution in [2.24, 2.45) is 5.41 Å². The molecule has 0 aromatic heterocycles. The van der Waals surface area contributed by atoms with Gasteiger partial charge in [0.05, 0.1) is 0 Å². The van der Waals surface area contributed by atoms with Crippen molar-refractivity contribution in [3.63, 3.8) is 0 Å². The van der Waals surface area contributed by atoms with Gasteiger partial charge in [-0.3, -0.25) is 4.79 Å². The molecule has 4 heteroatoms. The molecule has 1 spiro atoms. The summed E-state index contributed by atoms with van der Waals surface area (Å²) in [7, 11) is 0. The van der Waals surface area contributed by atoms with Crippen LogP contribution in [0.1, 0.15) is 6.92 Å². The molecule has 2 saturated heterocycles. The van der Waals surface area contributed by atoms with E-state index in [1.807, 2.05) is 4.90 Å². The first-order valence-corrected chi connectivity index (χ1v) is 5.24. The number of rotatable bonds is 0. The van der Waals surface area contributed by atoms with Crippen LogP contribution >= 0.6 is 22.9 Å². The van der Waals surface area contributed by atoms with Crippen LogP contribution in [0.2, 0.25) is 0 Å². The highest BCUT2D eigenvalue weighted by atomic mass is 127. The van der Waals surface area contributed by atoms with Crippen LogP contribution in [-0.4, -0.2) is 40.1 Å². The maximum Gasteiger partial charge on any atom is 0.298 e. The lowest BCUT2D eigenvalue weighted by atomic mass is 9.74. The molecule has 0 saturated carbocycles. The third-order valence-electron chi connectivity index (χ3n) is 2.59. The van der Waals surface area contributed by atoms with E-state index in [-0.39, 0.29) is 5.91 Å². The Balaban J connectivity index is 1.84. The van der Waals surface area contributed by atoms with Gasteiger partial charge in [0, 0.05) is 54.5 Å². The fraction of sp³-hybridized carbons (Fsp3) is 0.667. The van der Waals surface area contributed by atoms with E-state index in [4.69, 9.17) is 0 Å². The van der Waals surface area contributed by atoms with Crippen LogP contribution in [-0.2, 0) is 4.79 Å². The van der Waals surface area contributed by atoms with Crippen LogP contribution in [0.25, 0.3) is 0 Å². The molecule has 2 heterocycles. The van der Waals surface area contributed by atoms with E-state index >= 15 is 0 Å². The lowest BCUT2D eigenvalue weighted by Crippen LogP contribution is -2.70. The summed E-state index contributed by atoms with van der Waals surface area (Å²) in [6.07, 6.45) is 0. The van der Waals surface area contributed by atoms with Gasteiger partial charge in [-0.25, -0.2) is 3.11 Å². The summed E-state index contributed by atoms with van der Waals surface area (Å²) >= 11 is 2.32. The van der Waals surface area contributed by atoms with Crippen molar-refractivity contribution >= 4 is 28.8 Å². The molecule has 0 N–H and O–H groups in total. The van der Waals surface area contributed by atoms with Crippen molar-refractivity contribution in [1.29, 1.82) is 0 Å². The smallest absolute Gasteiger partial charge is 0.298 e. The lowest BCUT2D eigenvalue weighted by Gasteiger charge is -2.58. The molecule has 2 rings (SSSR count). The number of halogens is 1. The van der Waals surface area contributed by atoms with Gasteiger partial charge in [-0.15, -0.1) is 0 Å². The van der Waals surface area contributed by atoms with Crippen LogP contribution in [0.15, 0.2) is 0 Å². The molecule has 3 nitrogen and oxygen atoms in total. The predicted octanol–water partition coefficient (Wildman–Crippen LogP) is 0.504. The minimum atomic E-state index is -0.0139. The molecule has 0 aliphatic carbocycles. The van der Waals surface area contributed by atoms with E-state index < -0.39 is 0 Å². The Morgan fingerprint density at radius 2 is 2.00 bits per heavy atom. The highest BCUT2D eigenvalue weighted by Gasteiger charge is 2.52. The second-order valence-electron chi connectivity index (χ2n) is 3.82. The topological polar surface area (TPSA) is 23.6 Å². The Hall–Kier alpha value is -0.280. The number of nitrogens with zero attached hydrogens (tertiary/aromatic N) is 2. The summed E-state index contributed by atoms with van der Waals surface area (Å²) in [6, 6.07) is 0. The zero-order valence-corrected chi connectivity index (χ0v) is 9.67. The molecule has 0 unspecified atom stereocenters. The van der Waals surface area contributed by atoms with Crippen molar-refractivity contribution in [3.05, 3.63) is 0 Å². The maximum atomic E-state index is 11.3. The number of carbonyl (C=O) groups excluding carboxylic acids is 1. The Kier molecular flexibility index (Phi) is 2.24. The first-order valence-electron chi connectivity index (χ1n) is 4.28. The van der Waals surface area contributed by atoms with Crippen LogP contribution in [0, 0.1) is 17.3 Å². The van der Waals surface area contributed by atoms with Crippen LogP contribution in [0.5, 0.6) is 0 Å². The number of hydrogen-bond acceptors (Lipinski definition) is 2. The Bertz CT molecular complexity index is 290. The molecule has 2 fully saturated rings. The monoisotopic (exact) mass is 290 g/mol. The summed E-state index contributed by atoms with van der Waals surface area (Å²) in [5, 5.41) is 0. The van der Waals surface area contributed by atoms with Crippen LogP contribution < -0.4 is 0 Å². The SMILES string of the molecule is CC#CC(=O)N1CC2(CN(I)C2)C1. The first kappa shape index (κ1) is 9.28. The van der Waals surface area contributed by atoms with E-state index in [1.165, 1.54) is 0 Å². The molecule has 70 valence electrons.